The van der Waals surface area contributed by atoms with Gasteiger partial charge in [-0.2, -0.15) is 0 Å². The zero-order chi connectivity index (χ0) is 30.9. The Bertz CT molecular complexity index is 621. The van der Waals surface area contributed by atoms with Crippen molar-refractivity contribution in [3.8, 4) is 0 Å². The van der Waals surface area contributed by atoms with E-state index in [1.54, 1.807) is 6.08 Å². The first-order valence-corrected chi connectivity index (χ1v) is 18.1. The average molecular weight is 594 g/mol. The number of aliphatic hydroxyl groups excluding tert-OH is 3. The molecule has 42 heavy (non-hydrogen) atoms. The average Bonchev–Trinajstić information content (AvgIpc) is 2.98. The first-order chi connectivity index (χ1) is 20.5. The Kier molecular flexibility index (Phi) is 31.8. The lowest BCUT2D eigenvalue weighted by atomic mass is 10.0. The number of carbonyl (C=O) groups is 1. The number of hydrogen-bond acceptors (Lipinski definition) is 4. The molecule has 248 valence electrons. The van der Waals surface area contributed by atoms with Crippen LogP contribution in [0.25, 0.3) is 0 Å². The minimum absolute atomic E-state index is 0.0353. The molecule has 0 radical (unpaired) electrons. The van der Waals surface area contributed by atoms with Crippen LogP contribution in [-0.2, 0) is 4.79 Å². The van der Waals surface area contributed by atoms with Crippen LogP contribution in [0.3, 0.4) is 0 Å². The molecule has 0 rings (SSSR count). The zero-order valence-corrected chi connectivity index (χ0v) is 27.9. The smallest absolute Gasteiger partial charge is 0.223 e. The van der Waals surface area contributed by atoms with Crippen molar-refractivity contribution in [2.75, 3.05) is 6.61 Å². The number of aliphatic hydroxyl groups is 3. The molecule has 0 aromatic heterocycles. The van der Waals surface area contributed by atoms with E-state index in [0.717, 1.165) is 25.7 Å². The Morgan fingerprint density at radius 2 is 1.00 bits per heavy atom. The molecule has 0 heterocycles. The summed E-state index contributed by atoms with van der Waals surface area (Å²) in [5.74, 6) is -0.353. The monoisotopic (exact) mass is 594 g/mol. The summed E-state index contributed by atoms with van der Waals surface area (Å²) >= 11 is 0. The molecule has 1 amide bonds. The van der Waals surface area contributed by atoms with Crippen LogP contribution in [0, 0.1) is 0 Å². The highest BCUT2D eigenvalue weighted by molar-refractivity contribution is 5.76. The number of rotatable bonds is 32. The van der Waals surface area contributed by atoms with E-state index in [1.807, 2.05) is 12.2 Å². The second-order valence-electron chi connectivity index (χ2n) is 12.5. The first-order valence-electron chi connectivity index (χ1n) is 18.1. The van der Waals surface area contributed by atoms with Crippen LogP contribution in [0.2, 0.25) is 0 Å². The molecule has 0 bridgehead atoms. The van der Waals surface area contributed by atoms with Gasteiger partial charge < -0.3 is 20.6 Å². The Morgan fingerprint density at radius 3 is 1.45 bits per heavy atom. The molecule has 0 saturated carbocycles. The van der Waals surface area contributed by atoms with Crippen LogP contribution in [0.1, 0.15) is 181 Å². The Balaban J connectivity index is 3.68. The third-order valence-corrected chi connectivity index (χ3v) is 8.23. The summed E-state index contributed by atoms with van der Waals surface area (Å²) in [4.78, 5) is 12.3. The van der Waals surface area contributed by atoms with E-state index in [4.69, 9.17) is 0 Å². The predicted octanol–water partition coefficient (Wildman–Crippen LogP) is 9.48. The van der Waals surface area contributed by atoms with E-state index in [0.29, 0.717) is 6.42 Å². The van der Waals surface area contributed by atoms with Gasteiger partial charge in [-0.1, -0.05) is 167 Å². The molecule has 5 nitrogen and oxygen atoms in total. The van der Waals surface area contributed by atoms with E-state index in [-0.39, 0.29) is 18.9 Å². The maximum Gasteiger partial charge on any atom is 0.223 e. The number of hydrogen-bond donors (Lipinski definition) is 4. The normalized spacial score (nSPS) is 14.1. The summed E-state index contributed by atoms with van der Waals surface area (Å²) in [7, 11) is 0. The van der Waals surface area contributed by atoms with Gasteiger partial charge in [-0.15, -0.1) is 0 Å². The third-order valence-electron chi connectivity index (χ3n) is 8.23. The summed E-state index contributed by atoms with van der Waals surface area (Å²) in [6, 6.07) is -0.754. The van der Waals surface area contributed by atoms with Crippen LogP contribution < -0.4 is 5.32 Å². The third kappa shape index (κ3) is 28.9. The van der Waals surface area contributed by atoms with Crippen LogP contribution in [0.4, 0.5) is 0 Å². The van der Waals surface area contributed by atoms with Crippen molar-refractivity contribution in [3.05, 3.63) is 24.3 Å². The molecular formula is C37H71NO4. The maximum atomic E-state index is 12.3. The topological polar surface area (TPSA) is 89.8 Å². The molecule has 3 atom stereocenters. The van der Waals surface area contributed by atoms with Crippen molar-refractivity contribution in [3.63, 3.8) is 0 Å². The summed E-state index contributed by atoms with van der Waals surface area (Å²) in [6.07, 6.45) is 37.6. The highest BCUT2D eigenvalue weighted by atomic mass is 16.3. The fourth-order valence-corrected chi connectivity index (χ4v) is 5.40. The fraction of sp³-hybridized carbons (Fsp3) is 0.865. The summed E-state index contributed by atoms with van der Waals surface area (Å²) in [5, 5.41) is 32.8. The van der Waals surface area contributed by atoms with Gasteiger partial charge in [-0.3, -0.25) is 4.79 Å². The van der Waals surface area contributed by atoms with Gasteiger partial charge in [-0.25, -0.2) is 0 Å². The number of nitrogens with one attached hydrogen (secondary N) is 1. The van der Waals surface area contributed by atoms with Gasteiger partial charge in [-0.05, 0) is 32.1 Å². The van der Waals surface area contributed by atoms with Gasteiger partial charge >= 0.3 is 0 Å². The quantitative estimate of drug-likeness (QED) is 0.0462. The molecule has 3 unspecified atom stereocenters. The van der Waals surface area contributed by atoms with Gasteiger partial charge in [0.2, 0.25) is 5.91 Å². The largest absolute Gasteiger partial charge is 0.394 e. The maximum absolute atomic E-state index is 12.3. The molecule has 0 aromatic carbocycles. The number of unbranched alkanes of at least 4 members (excludes halogenated alkanes) is 22. The summed E-state index contributed by atoms with van der Waals surface area (Å²) in [5.41, 5.74) is 0. The fourth-order valence-electron chi connectivity index (χ4n) is 5.40. The lowest BCUT2D eigenvalue weighted by Gasteiger charge is -2.20. The Morgan fingerprint density at radius 1 is 0.595 bits per heavy atom. The van der Waals surface area contributed by atoms with E-state index >= 15 is 0 Å². The minimum atomic E-state index is -0.936. The molecule has 0 saturated heterocycles. The molecule has 4 N–H and O–H groups in total. The van der Waals surface area contributed by atoms with Gasteiger partial charge in [0.1, 0.15) is 0 Å². The van der Waals surface area contributed by atoms with Gasteiger partial charge in [0, 0.05) is 0 Å². The number of allylic oxidation sites excluding steroid dienone is 2. The van der Waals surface area contributed by atoms with Crippen LogP contribution >= 0.6 is 0 Å². The van der Waals surface area contributed by atoms with Crippen LogP contribution in [0.15, 0.2) is 24.3 Å². The summed E-state index contributed by atoms with van der Waals surface area (Å²) in [6.45, 7) is 4.13. The van der Waals surface area contributed by atoms with Crippen molar-refractivity contribution in [2.45, 2.75) is 199 Å². The lowest BCUT2D eigenvalue weighted by molar-refractivity contribution is -0.124. The Labute approximate surface area is 261 Å². The van der Waals surface area contributed by atoms with E-state index < -0.39 is 18.2 Å². The molecule has 0 aromatic rings. The standard InChI is InChI=1S/C37H71NO4/c1-3-5-7-9-11-12-13-14-15-16-17-18-19-20-21-22-23-25-27-29-31-36(41)35(33-39)38-37(42)32-34(40)30-28-26-24-10-8-6-4-2/h26,28-29,31,34-36,39-41H,3-25,27,30,32-33H2,1-2H3,(H,38,42)/b28-26-,31-29+. The molecule has 0 aliphatic heterocycles. The van der Waals surface area contributed by atoms with E-state index in [9.17, 15) is 20.1 Å². The minimum Gasteiger partial charge on any atom is -0.394 e. The Hall–Kier alpha value is -1.17. The van der Waals surface area contributed by atoms with E-state index in [2.05, 4.69) is 25.2 Å². The molecule has 0 fully saturated rings. The highest BCUT2D eigenvalue weighted by Gasteiger charge is 2.19. The van der Waals surface area contributed by atoms with Crippen LogP contribution in [-0.4, -0.2) is 46.1 Å². The second kappa shape index (κ2) is 32.7. The predicted molar refractivity (Wildman–Crippen MR) is 181 cm³/mol. The number of amides is 1. The highest BCUT2D eigenvalue weighted by Crippen LogP contribution is 2.15. The SMILES string of the molecule is CCCCCC/C=C\CC(O)CC(=O)NC(CO)C(O)/C=C/CCCCCCCCCCCCCCCCCCCC. The molecule has 5 heteroatoms. The summed E-state index contributed by atoms with van der Waals surface area (Å²) < 4.78 is 0. The van der Waals surface area contributed by atoms with Gasteiger partial charge in [0.25, 0.3) is 0 Å². The van der Waals surface area contributed by atoms with E-state index in [1.165, 1.54) is 128 Å². The van der Waals surface area contributed by atoms with Crippen molar-refractivity contribution in [1.29, 1.82) is 0 Å². The van der Waals surface area contributed by atoms with Crippen molar-refractivity contribution >= 4 is 5.91 Å². The first kappa shape index (κ1) is 40.8. The van der Waals surface area contributed by atoms with Crippen molar-refractivity contribution in [1.82, 2.24) is 5.32 Å². The zero-order valence-electron chi connectivity index (χ0n) is 27.9. The molecular weight excluding hydrogens is 522 g/mol. The lowest BCUT2D eigenvalue weighted by Crippen LogP contribution is -2.45. The number of carbonyl (C=O) groups excluding carboxylic acids is 1. The molecule has 0 spiro atoms. The van der Waals surface area contributed by atoms with Crippen molar-refractivity contribution < 1.29 is 20.1 Å². The van der Waals surface area contributed by atoms with Crippen molar-refractivity contribution in [2.24, 2.45) is 0 Å². The van der Waals surface area contributed by atoms with Crippen LogP contribution in [0.5, 0.6) is 0 Å². The second-order valence-corrected chi connectivity index (χ2v) is 12.5. The molecule has 0 aliphatic rings. The van der Waals surface area contributed by atoms with Gasteiger partial charge in [0.05, 0.1) is 31.3 Å². The molecule has 0 aliphatic carbocycles. The van der Waals surface area contributed by atoms with Gasteiger partial charge in [0.15, 0.2) is 0 Å².